The number of nitrogens with zero attached hydrogens (tertiary/aromatic N) is 4. The first kappa shape index (κ1) is 14.9. The number of carbonyl (C=O) groups excluding carboxylic acids is 1. The van der Waals surface area contributed by atoms with Crippen LogP contribution in [-0.2, 0) is 5.41 Å². The topological polar surface area (TPSA) is 85.3 Å². The fraction of sp³-hybridized carbons (Fsp3) is 0.684. The number of hydrogen-bond donors (Lipinski definition) is 0. The molecule has 26 heavy (non-hydrogen) atoms. The van der Waals surface area contributed by atoms with Crippen molar-refractivity contribution in [3.63, 3.8) is 0 Å². The second-order valence-corrected chi connectivity index (χ2v) is 8.49. The van der Waals surface area contributed by atoms with Gasteiger partial charge in [0, 0.05) is 24.9 Å². The summed E-state index contributed by atoms with van der Waals surface area (Å²) in [5.41, 5.74) is 0.671. The highest BCUT2D eigenvalue weighted by atomic mass is 16.4. The largest absolute Gasteiger partial charge is 0.438 e. The lowest BCUT2D eigenvalue weighted by Crippen LogP contribution is -2.35. The number of hydrogen-bond acceptors (Lipinski definition) is 6. The van der Waals surface area contributed by atoms with Crippen LogP contribution in [0.15, 0.2) is 15.2 Å². The van der Waals surface area contributed by atoms with Crippen molar-refractivity contribution in [2.24, 2.45) is 5.92 Å². The Labute approximate surface area is 151 Å². The lowest BCUT2D eigenvalue weighted by Gasteiger charge is -2.24. The number of amides is 1. The van der Waals surface area contributed by atoms with Gasteiger partial charge < -0.3 is 13.7 Å². The first-order valence-corrected chi connectivity index (χ1v) is 9.81. The molecule has 2 atom stereocenters. The number of carbonyl (C=O) groups is 1. The van der Waals surface area contributed by atoms with E-state index in [0.717, 1.165) is 69.0 Å². The van der Waals surface area contributed by atoms with E-state index in [1.165, 1.54) is 6.39 Å². The van der Waals surface area contributed by atoms with E-state index in [2.05, 4.69) is 15.2 Å². The maximum absolute atomic E-state index is 13.1. The average molecular weight is 354 g/mol. The molecule has 1 aliphatic heterocycles. The highest BCUT2D eigenvalue weighted by molar-refractivity contribution is 5.93. The Morgan fingerprint density at radius 2 is 2.00 bits per heavy atom. The Hall–Kier alpha value is -2.18. The van der Waals surface area contributed by atoms with E-state index < -0.39 is 0 Å². The number of likely N-dealkylation sites (tertiary alicyclic amines) is 1. The van der Waals surface area contributed by atoms with E-state index in [4.69, 9.17) is 8.83 Å². The predicted octanol–water partition coefficient (Wildman–Crippen LogP) is 3.01. The van der Waals surface area contributed by atoms with Crippen molar-refractivity contribution >= 4 is 5.91 Å². The van der Waals surface area contributed by atoms with Gasteiger partial charge in [-0.25, -0.2) is 4.98 Å². The lowest BCUT2D eigenvalue weighted by molar-refractivity contribution is 0.0742. The van der Waals surface area contributed by atoms with E-state index >= 15 is 0 Å². The van der Waals surface area contributed by atoms with Crippen LogP contribution in [-0.4, -0.2) is 39.1 Å². The van der Waals surface area contributed by atoms with E-state index in [1.807, 2.05) is 4.90 Å². The Morgan fingerprint density at radius 1 is 1.15 bits per heavy atom. The van der Waals surface area contributed by atoms with Crippen LogP contribution in [0.1, 0.15) is 84.8 Å². The van der Waals surface area contributed by atoms with Gasteiger partial charge in [-0.2, -0.15) is 0 Å². The molecule has 0 radical (unpaired) electrons. The molecule has 1 saturated heterocycles. The summed E-state index contributed by atoms with van der Waals surface area (Å²) in [6.45, 7) is 1.39. The zero-order valence-electron chi connectivity index (χ0n) is 14.7. The van der Waals surface area contributed by atoms with E-state index in [1.54, 1.807) is 0 Å². The Kier molecular flexibility index (Phi) is 2.97. The second kappa shape index (κ2) is 5.18. The van der Waals surface area contributed by atoms with Crippen molar-refractivity contribution in [1.29, 1.82) is 0 Å². The number of rotatable bonds is 4. The summed E-state index contributed by atoms with van der Waals surface area (Å²) < 4.78 is 11.6. The summed E-state index contributed by atoms with van der Waals surface area (Å²) in [4.78, 5) is 19.3. The van der Waals surface area contributed by atoms with Crippen molar-refractivity contribution in [1.82, 2.24) is 20.1 Å². The molecule has 4 fully saturated rings. The van der Waals surface area contributed by atoms with Crippen LogP contribution in [0.4, 0.5) is 0 Å². The molecule has 2 aromatic heterocycles. The summed E-state index contributed by atoms with van der Waals surface area (Å²) in [5.74, 6) is 3.20. The van der Waals surface area contributed by atoms with Crippen molar-refractivity contribution in [2.45, 2.75) is 62.2 Å². The van der Waals surface area contributed by atoms with Gasteiger partial charge in [-0.1, -0.05) is 6.42 Å². The Bertz CT molecular complexity index is 866. The lowest BCUT2D eigenvalue weighted by atomic mass is 9.80. The minimum atomic E-state index is -0.171. The fourth-order valence-electron chi connectivity index (χ4n) is 4.93. The number of oxazole rings is 1. The van der Waals surface area contributed by atoms with Gasteiger partial charge in [-0.05, 0) is 44.4 Å². The molecule has 3 heterocycles. The van der Waals surface area contributed by atoms with Crippen LogP contribution in [0.2, 0.25) is 0 Å². The third-order valence-corrected chi connectivity index (χ3v) is 6.70. The Morgan fingerprint density at radius 3 is 2.81 bits per heavy atom. The zero-order valence-corrected chi connectivity index (χ0v) is 14.7. The van der Waals surface area contributed by atoms with Gasteiger partial charge in [0.1, 0.15) is 0 Å². The molecule has 4 aliphatic rings. The van der Waals surface area contributed by atoms with Gasteiger partial charge in [-0.3, -0.25) is 4.79 Å². The average Bonchev–Trinajstić information content (AvgIpc) is 3.46. The molecule has 3 aliphatic carbocycles. The minimum Gasteiger partial charge on any atom is -0.438 e. The second-order valence-electron chi connectivity index (χ2n) is 8.49. The first-order valence-electron chi connectivity index (χ1n) is 9.81. The molecule has 0 spiro atoms. The van der Waals surface area contributed by atoms with Crippen LogP contribution in [0.5, 0.6) is 0 Å². The molecule has 0 N–H and O–H groups in total. The monoisotopic (exact) mass is 354 g/mol. The summed E-state index contributed by atoms with van der Waals surface area (Å²) in [6, 6.07) is 0. The Balaban J connectivity index is 1.30. The van der Waals surface area contributed by atoms with Gasteiger partial charge in [0.25, 0.3) is 5.91 Å². The minimum absolute atomic E-state index is 0.0277. The molecule has 2 aromatic rings. The van der Waals surface area contributed by atoms with Crippen molar-refractivity contribution in [3.8, 4) is 0 Å². The van der Waals surface area contributed by atoms with Crippen molar-refractivity contribution in [3.05, 3.63) is 29.6 Å². The molecule has 0 bridgehead atoms. The molecular formula is C19H22N4O3. The highest BCUT2D eigenvalue weighted by Crippen LogP contribution is 2.51. The smallest absolute Gasteiger partial charge is 0.291 e. The molecule has 3 saturated carbocycles. The van der Waals surface area contributed by atoms with E-state index in [-0.39, 0.29) is 11.3 Å². The summed E-state index contributed by atoms with van der Waals surface area (Å²) >= 11 is 0. The van der Waals surface area contributed by atoms with Crippen LogP contribution >= 0.6 is 0 Å². The SMILES string of the molecule is O=C(c1ocnc1C1CC1)N1C[C@@H]2CCC[C@]2(c2nnc(C3CC3)o2)C1. The molecule has 1 amide bonds. The van der Waals surface area contributed by atoms with Gasteiger partial charge in [0.05, 0.1) is 11.1 Å². The van der Waals surface area contributed by atoms with Crippen LogP contribution < -0.4 is 0 Å². The number of fused-ring (bicyclic) bond motifs is 1. The van der Waals surface area contributed by atoms with E-state index in [9.17, 15) is 4.79 Å². The van der Waals surface area contributed by atoms with Gasteiger partial charge in [0.2, 0.25) is 17.5 Å². The van der Waals surface area contributed by atoms with Crippen LogP contribution in [0.3, 0.4) is 0 Å². The third kappa shape index (κ3) is 2.12. The molecule has 136 valence electrons. The normalized spacial score (nSPS) is 30.8. The van der Waals surface area contributed by atoms with Crippen LogP contribution in [0, 0.1) is 5.92 Å². The van der Waals surface area contributed by atoms with Gasteiger partial charge in [-0.15, -0.1) is 10.2 Å². The predicted molar refractivity (Wildman–Crippen MR) is 89.7 cm³/mol. The van der Waals surface area contributed by atoms with E-state index in [0.29, 0.717) is 30.1 Å². The first-order chi connectivity index (χ1) is 12.7. The maximum Gasteiger partial charge on any atom is 0.291 e. The molecule has 6 rings (SSSR count). The standard InChI is InChI=1S/C19H22N4O3/c24-17(15-14(11-3-4-11)20-10-25-15)23-8-13-2-1-7-19(13,9-23)18-22-21-16(26-18)12-5-6-12/h10-13H,1-9H2/t13-,19-/m0/s1. The van der Waals surface area contributed by atoms with Gasteiger partial charge in [0.15, 0.2) is 6.39 Å². The van der Waals surface area contributed by atoms with Crippen molar-refractivity contribution in [2.75, 3.05) is 13.1 Å². The summed E-state index contributed by atoms with van der Waals surface area (Å²) in [7, 11) is 0. The summed E-state index contributed by atoms with van der Waals surface area (Å²) in [6.07, 6.45) is 9.19. The third-order valence-electron chi connectivity index (χ3n) is 6.70. The molecule has 0 unspecified atom stereocenters. The quantitative estimate of drug-likeness (QED) is 0.839. The molecule has 0 aromatic carbocycles. The van der Waals surface area contributed by atoms with Crippen LogP contribution in [0.25, 0.3) is 0 Å². The molecule has 7 nitrogen and oxygen atoms in total. The van der Waals surface area contributed by atoms with Gasteiger partial charge >= 0.3 is 0 Å². The zero-order chi connectivity index (χ0) is 17.3. The molecular weight excluding hydrogens is 332 g/mol. The maximum atomic E-state index is 13.1. The number of aromatic nitrogens is 3. The van der Waals surface area contributed by atoms with Crippen molar-refractivity contribution < 1.29 is 13.6 Å². The fourth-order valence-corrected chi connectivity index (χ4v) is 4.93. The summed E-state index contributed by atoms with van der Waals surface area (Å²) in [5, 5.41) is 8.71. The molecule has 7 heteroatoms. The highest BCUT2D eigenvalue weighted by Gasteiger charge is 2.56.